The van der Waals surface area contributed by atoms with E-state index in [9.17, 15) is 5.11 Å². The summed E-state index contributed by atoms with van der Waals surface area (Å²) in [6.45, 7) is 16.0. The molecule has 0 radical (unpaired) electrons. The Bertz CT molecular complexity index is 266. The first-order chi connectivity index (χ1) is 10.8. The molecule has 2 atom stereocenters. The van der Waals surface area contributed by atoms with Gasteiger partial charge >= 0.3 is 0 Å². The second-order valence-corrected chi connectivity index (χ2v) is 13.1. The highest BCUT2D eigenvalue weighted by molar-refractivity contribution is 7.76. The Labute approximate surface area is 164 Å². The summed E-state index contributed by atoms with van der Waals surface area (Å²) in [5, 5.41) is 11.2. The molecule has 0 fully saturated rings. The van der Waals surface area contributed by atoms with Gasteiger partial charge in [-0.3, -0.25) is 0 Å². The quantitative estimate of drug-likeness (QED) is 0.443. The van der Waals surface area contributed by atoms with Crippen molar-refractivity contribution in [2.75, 3.05) is 18.5 Å². The van der Waals surface area contributed by atoms with Crippen LogP contribution >= 0.6 is 7.26 Å². The highest BCUT2D eigenvalue weighted by Crippen LogP contribution is 2.67. The zero-order chi connectivity index (χ0) is 17.9. The first kappa shape index (κ1) is 27.1. The molecule has 0 aliphatic heterocycles. The second kappa shape index (κ2) is 14.0. The van der Waals surface area contributed by atoms with Crippen LogP contribution in [0.4, 0.5) is 0 Å². The summed E-state index contributed by atoms with van der Waals surface area (Å²) < 4.78 is 0. The highest BCUT2D eigenvalue weighted by Gasteiger charge is 2.49. The van der Waals surface area contributed by atoms with Crippen LogP contribution in [0.25, 0.3) is 0 Å². The summed E-state index contributed by atoms with van der Waals surface area (Å²) in [5.74, 6) is 0. The van der Waals surface area contributed by atoms with Crippen LogP contribution in [0.5, 0.6) is 0 Å². The Morgan fingerprint density at radius 2 is 1.12 bits per heavy atom. The average molecular weight is 425 g/mol. The molecule has 0 aromatic carbocycles. The standard InChI is InChI=1S/C21H46OP.BrH/c1-8-12-16-23(17-13-9-2,18-14-10-3)19(15-11-4)20(22)21(5,6)7;/h19-20,22H,8-18H2,1-7H3;1H/q+1;/p-1/t19-,20-;/m1./s1. The third-order valence-corrected chi connectivity index (χ3v) is 11.0. The highest BCUT2D eigenvalue weighted by atomic mass is 79.9. The van der Waals surface area contributed by atoms with E-state index in [0.717, 1.165) is 0 Å². The Kier molecular flexibility index (Phi) is 15.8. The Morgan fingerprint density at radius 1 is 0.750 bits per heavy atom. The van der Waals surface area contributed by atoms with Crippen molar-refractivity contribution in [2.45, 2.75) is 112 Å². The molecule has 0 rings (SSSR count). The predicted molar refractivity (Wildman–Crippen MR) is 110 cm³/mol. The molecule has 0 aromatic heterocycles. The molecular formula is C21H46BrOP. The fraction of sp³-hybridized carbons (Fsp3) is 1.00. The molecule has 0 saturated heterocycles. The topological polar surface area (TPSA) is 20.2 Å². The largest absolute Gasteiger partial charge is 1.00 e. The molecule has 0 bridgehead atoms. The molecule has 0 aliphatic rings. The Balaban J connectivity index is 0. The Hall–Kier alpha value is 0.870. The van der Waals surface area contributed by atoms with Gasteiger partial charge in [-0.1, -0.05) is 74.1 Å². The molecule has 24 heavy (non-hydrogen) atoms. The number of aliphatic hydroxyl groups excluding tert-OH is 1. The van der Waals surface area contributed by atoms with Crippen LogP contribution in [0.3, 0.4) is 0 Å². The minimum absolute atomic E-state index is 0. The fourth-order valence-corrected chi connectivity index (χ4v) is 10.2. The van der Waals surface area contributed by atoms with Crippen molar-refractivity contribution >= 4 is 7.26 Å². The molecule has 1 N–H and O–H groups in total. The summed E-state index contributed by atoms with van der Waals surface area (Å²) in [6.07, 6.45) is 14.5. The summed E-state index contributed by atoms with van der Waals surface area (Å²) in [4.78, 5) is 0. The van der Waals surface area contributed by atoms with Gasteiger partial charge in [0, 0.05) is 7.26 Å². The van der Waals surface area contributed by atoms with Crippen LogP contribution in [0.1, 0.15) is 99.8 Å². The summed E-state index contributed by atoms with van der Waals surface area (Å²) in [7, 11) is -1.07. The van der Waals surface area contributed by atoms with Crippen molar-refractivity contribution in [1.82, 2.24) is 0 Å². The molecule has 0 aliphatic carbocycles. The minimum atomic E-state index is -1.07. The maximum atomic E-state index is 11.2. The minimum Gasteiger partial charge on any atom is -1.00 e. The number of aliphatic hydroxyl groups is 1. The molecule has 1 nitrogen and oxygen atoms in total. The van der Waals surface area contributed by atoms with E-state index in [2.05, 4.69) is 48.5 Å². The fourth-order valence-electron chi connectivity index (χ4n) is 3.86. The lowest BCUT2D eigenvalue weighted by molar-refractivity contribution is -0.00000700. The number of hydrogen-bond donors (Lipinski definition) is 1. The molecule has 0 heterocycles. The van der Waals surface area contributed by atoms with Crippen LogP contribution < -0.4 is 17.0 Å². The van der Waals surface area contributed by atoms with Crippen LogP contribution in [-0.4, -0.2) is 35.4 Å². The maximum Gasteiger partial charge on any atom is 0.0960 e. The average Bonchev–Trinajstić information content (AvgIpc) is 2.51. The van der Waals surface area contributed by atoms with E-state index in [1.54, 1.807) is 0 Å². The van der Waals surface area contributed by atoms with E-state index >= 15 is 0 Å². The summed E-state index contributed by atoms with van der Waals surface area (Å²) in [6, 6.07) is 0. The first-order valence-corrected chi connectivity index (χ1v) is 12.7. The molecule has 0 unspecified atom stereocenters. The molecule has 148 valence electrons. The lowest BCUT2D eigenvalue weighted by atomic mass is 9.86. The monoisotopic (exact) mass is 424 g/mol. The third kappa shape index (κ3) is 9.00. The number of unbranched alkanes of at least 4 members (excludes halogenated alkanes) is 3. The van der Waals surface area contributed by atoms with Crippen molar-refractivity contribution < 1.29 is 22.1 Å². The Morgan fingerprint density at radius 3 is 1.38 bits per heavy atom. The predicted octanol–water partition coefficient (Wildman–Crippen LogP) is 3.98. The number of hydrogen-bond acceptors (Lipinski definition) is 1. The van der Waals surface area contributed by atoms with E-state index in [-0.39, 0.29) is 28.5 Å². The van der Waals surface area contributed by atoms with E-state index in [4.69, 9.17) is 0 Å². The van der Waals surface area contributed by atoms with Crippen molar-refractivity contribution in [3.05, 3.63) is 0 Å². The molecule has 0 saturated carbocycles. The van der Waals surface area contributed by atoms with E-state index in [1.165, 1.54) is 69.9 Å². The normalized spacial score (nSPS) is 15.0. The summed E-state index contributed by atoms with van der Waals surface area (Å²) in [5.41, 5.74) is 0.576. The van der Waals surface area contributed by atoms with Crippen LogP contribution in [0, 0.1) is 5.41 Å². The van der Waals surface area contributed by atoms with Crippen molar-refractivity contribution in [1.29, 1.82) is 0 Å². The lowest BCUT2D eigenvalue weighted by Gasteiger charge is -2.42. The third-order valence-electron chi connectivity index (χ3n) is 5.41. The van der Waals surface area contributed by atoms with Crippen molar-refractivity contribution in [3.8, 4) is 0 Å². The first-order valence-electron chi connectivity index (χ1n) is 10.3. The molecule has 3 heteroatoms. The zero-order valence-electron chi connectivity index (χ0n) is 17.7. The van der Waals surface area contributed by atoms with Gasteiger partial charge in [-0.05, 0) is 31.1 Å². The second-order valence-electron chi connectivity index (χ2n) is 8.62. The van der Waals surface area contributed by atoms with E-state index < -0.39 is 7.26 Å². The van der Waals surface area contributed by atoms with Gasteiger partial charge in [-0.15, -0.1) is 0 Å². The number of rotatable bonds is 13. The lowest BCUT2D eigenvalue weighted by Crippen LogP contribution is -3.00. The number of halogens is 1. The zero-order valence-corrected chi connectivity index (χ0v) is 20.2. The molecule has 0 spiro atoms. The van der Waals surface area contributed by atoms with Crippen molar-refractivity contribution in [3.63, 3.8) is 0 Å². The van der Waals surface area contributed by atoms with Gasteiger partial charge in [-0.25, -0.2) is 0 Å². The van der Waals surface area contributed by atoms with Gasteiger partial charge in [0.2, 0.25) is 0 Å². The van der Waals surface area contributed by atoms with Gasteiger partial charge in [0.25, 0.3) is 0 Å². The van der Waals surface area contributed by atoms with E-state index in [1.807, 2.05) is 0 Å². The van der Waals surface area contributed by atoms with Gasteiger partial charge in [0.1, 0.15) is 0 Å². The van der Waals surface area contributed by atoms with Crippen LogP contribution in [0.2, 0.25) is 0 Å². The summed E-state index contributed by atoms with van der Waals surface area (Å²) >= 11 is 0. The van der Waals surface area contributed by atoms with E-state index in [0.29, 0.717) is 5.66 Å². The van der Waals surface area contributed by atoms with Crippen LogP contribution in [0.15, 0.2) is 0 Å². The van der Waals surface area contributed by atoms with Gasteiger partial charge in [0.05, 0.1) is 30.2 Å². The van der Waals surface area contributed by atoms with Crippen molar-refractivity contribution in [2.24, 2.45) is 5.41 Å². The van der Waals surface area contributed by atoms with Crippen LogP contribution in [-0.2, 0) is 0 Å². The SMILES string of the molecule is CCCC[P+](CCCC)(CCCC)[C@H](CCC)[C@@H](O)C(C)(C)C.[Br-]. The molecular weight excluding hydrogens is 379 g/mol. The maximum absolute atomic E-state index is 11.2. The molecule has 0 amide bonds. The van der Waals surface area contributed by atoms with Gasteiger partial charge < -0.3 is 22.1 Å². The van der Waals surface area contributed by atoms with Gasteiger partial charge in [-0.2, -0.15) is 0 Å². The smallest absolute Gasteiger partial charge is 0.0960 e. The molecule has 0 aromatic rings. The van der Waals surface area contributed by atoms with Gasteiger partial charge in [0.15, 0.2) is 0 Å².